The lowest BCUT2D eigenvalue weighted by atomic mass is 10.1. The van der Waals surface area contributed by atoms with E-state index in [1.807, 2.05) is 0 Å². The SMILES string of the molecule is COc1ccc(Cl)cc1S(=O)(=O)N[C@@H](Cc1ccc(OCCCONC(=N)N)cc1)C(=O)O. The summed E-state index contributed by atoms with van der Waals surface area (Å²) in [4.78, 5) is 16.4. The molecule has 0 radical (unpaired) electrons. The van der Waals surface area contributed by atoms with Gasteiger partial charge in [-0.05, 0) is 42.3 Å². The zero-order valence-corrected chi connectivity index (χ0v) is 19.3. The first-order chi connectivity index (χ1) is 15.6. The number of rotatable bonds is 13. The smallest absolute Gasteiger partial charge is 0.322 e. The number of hydroxylamine groups is 1. The average Bonchev–Trinajstić information content (AvgIpc) is 2.76. The highest BCUT2D eigenvalue weighted by Gasteiger charge is 2.28. The predicted octanol–water partition coefficient (Wildman–Crippen LogP) is 1.51. The number of carboxylic acid groups (broad SMARTS) is 1. The van der Waals surface area contributed by atoms with Crippen molar-refractivity contribution in [2.45, 2.75) is 23.8 Å². The van der Waals surface area contributed by atoms with Crippen molar-refractivity contribution < 1.29 is 32.6 Å². The van der Waals surface area contributed by atoms with Gasteiger partial charge in [0.25, 0.3) is 0 Å². The van der Waals surface area contributed by atoms with Crippen LogP contribution in [0.5, 0.6) is 11.5 Å². The molecule has 0 spiro atoms. The first-order valence-corrected chi connectivity index (χ1v) is 11.5. The van der Waals surface area contributed by atoms with Crippen LogP contribution >= 0.6 is 11.6 Å². The van der Waals surface area contributed by atoms with Crippen molar-refractivity contribution in [3.8, 4) is 11.5 Å². The number of methoxy groups -OCH3 is 1. The Morgan fingerprint density at radius 1 is 1.21 bits per heavy atom. The third-order valence-corrected chi connectivity index (χ3v) is 5.94. The Morgan fingerprint density at radius 2 is 1.91 bits per heavy atom. The third kappa shape index (κ3) is 8.42. The van der Waals surface area contributed by atoms with Gasteiger partial charge in [0, 0.05) is 11.4 Å². The molecule has 33 heavy (non-hydrogen) atoms. The van der Waals surface area contributed by atoms with Gasteiger partial charge in [-0.3, -0.25) is 15.0 Å². The van der Waals surface area contributed by atoms with Crippen LogP contribution in [-0.4, -0.2) is 51.8 Å². The minimum absolute atomic E-state index is 0.0417. The van der Waals surface area contributed by atoms with Crippen LogP contribution in [-0.2, 0) is 26.1 Å². The Balaban J connectivity index is 1.99. The molecule has 0 saturated heterocycles. The number of aliphatic carboxylic acids is 1. The number of hydrogen-bond donors (Lipinski definition) is 5. The van der Waals surface area contributed by atoms with E-state index in [2.05, 4.69) is 10.2 Å². The van der Waals surface area contributed by atoms with Gasteiger partial charge < -0.3 is 20.3 Å². The van der Waals surface area contributed by atoms with Crippen LogP contribution in [0.2, 0.25) is 5.02 Å². The van der Waals surface area contributed by atoms with Gasteiger partial charge in [-0.1, -0.05) is 23.7 Å². The molecule has 2 aromatic carbocycles. The summed E-state index contributed by atoms with van der Waals surface area (Å²) in [6, 6.07) is 9.21. The monoisotopic (exact) mass is 500 g/mol. The molecule has 0 unspecified atom stereocenters. The Kier molecular flexibility index (Phi) is 9.73. The van der Waals surface area contributed by atoms with Crippen molar-refractivity contribution in [3.63, 3.8) is 0 Å². The highest BCUT2D eigenvalue weighted by atomic mass is 35.5. The molecule has 0 amide bonds. The van der Waals surface area contributed by atoms with E-state index >= 15 is 0 Å². The van der Waals surface area contributed by atoms with E-state index in [4.69, 9.17) is 37.1 Å². The van der Waals surface area contributed by atoms with Crippen LogP contribution in [0.4, 0.5) is 0 Å². The molecule has 6 N–H and O–H groups in total. The average molecular weight is 501 g/mol. The minimum atomic E-state index is -4.23. The van der Waals surface area contributed by atoms with Crippen LogP contribution in [0.1, 0.15) is 12.0 Å². The second kappa shape index (κ2) is 12.3. The van der Waals surface area contributed by atoms with Gasteiger partial charge in [-0.2, -0.15) is 4.72 Å². The number of carboxylic acids is 1. The first kappa shape index (κ1) is 26.2. The molecular weight excluding hydrogens is 476 g/mol. The van der Waals surface area contributed by atoms with E-state index in [0.717, 1.165) is 0 Å². The fourth-order valence-corrected chi connectivity index (χ4v) is 4.32. The molecule has 13 heteroatoms. The van der Waals surface area contributed by atoms with E-state index < -0.39 is 22.0 Å². The van der Waals surface area contributed by atoms with Gasteiger partial charge in [0.15, 0.2) is 0 Å². The van der Waals surface area contributed by atoms with E-state index in [1.54, 1.807) is 24.3 Å². The number of ether oxygens (including phenoxy) is 2. The van der Waals surface area contributed by atoms with Crippen molar-refractivity contribution in [3.05, 3.63) is 53.1 Å². The van der Waals surface area contributed by atoms with Crippen LogP contribution < -0.4 is 25.4 Å². The maximum absolute atomic E-state index is 12.8. The molecule has 0 aliphatic carbocycles. The topological polar surface area (TPSA) is 173 Å². The van der Waals surface area contributed by atoms with Gasteiger partial charge >= 0.3 is 5.97 Å². The zero-order chi connectivity index (χ0) is 24.4. The number of nitrogens with one attached hydrogen (secondary N) is 3. The summed E-state index contributed by atoms with van der Waals surface area (Å²) in [5.74, 6) is -1.03. The lowest BCUT2D eigenvalue weighted by Crippen LogP contribution is -2.42. The Labute approximate surface area is 196 Å². The maximum atomic E-state index is 12.8. The maximum Gasteiger partial charge on any atom is 0.322 e. The molecule has 0 aliphatic rings. The van der Waals surface area contributed by atoms with E-state index in [-0.39, 0.29) is 34.7 Å². The van der Waals surface area contributed by atoms with Crippen molar-refractivity contribution in [1.82, 2.24) is 10.2 Å². The summed E-state index contributed by atoms with van der Waals surface area (Å²) in [5, 5.41) is 16.7. The molecular formula is C20H25ClN4O7S. The summed E-state index contributed by atoms with van der Waals surface area (Å²) >= 11 is 5.90. The molecule has 180 valence electrons. The quantitative estimate of drug-likeness (QED) is 0.118. The summed E-state index contributed by atoms with van der Waals surface area (Å²) in [5.41, 5.74) is 7.88. The number of nitrogens with two attached hydrogens (primary N) is 1. The molecule has 2 aromatic rings. The zero-order valence-electron chi connectivity index (χ0n) is 17.7. The van der Waals surface area contributed by atoms with E-state index in [9.17, 15) is 18.3 Å². The largest absolute Gasteiger partial charge is 0.495 e. The molecule has 2 rings (SSSR count). The Morgan fingerprint density at radius 3 is 2.52 bits per heavy atom. The molecule has 11 nitrogen and oxygen atoms in total. The summed E-state index contributed by atoms with van der Waals surface area (Å²) in [6.45, 7) is 0.632. The third-order valence-electron chi connectivity index (χ3n) is 4.22. The molecule has 0 aliphatic heterocycles. The number of halogens is 1. The van der Waals surface area contributed by atoms with Gasteiger partial charge in [-0.25, -0.2) is 13.9 Å². The standard InChI is InChI=1S/C20H25ClN4O7S/c1-30-17-8-5-14(21)12-18(17)33(28,29)25-16(19(26)27)11-13-3-6-15(7-4-13)31-9-2-10-32-24-20(22)23/h3-8,12,16,25H,2,9-11H2,1H3,(H,26,27)(H4,22,23,24)/t16-/m0/s1. The van der Waals surface area contributed by atoms with Crippen molar-refractivity contribution in [2.24, 2.45) is 5.73 Å². The predicted molar refractivity (Wildman–Crippen MR) is 121 cm³/mol. The second-order valence-corrected chi connectivity index (χ2v) is 8.84. The van der Waals surface area contributed by atoms with Gasteiger partial charge in [0.05, 0.1) is 20.3 Å². The van der Waals surface area contributed by atoms with Crippen molar-refractivity contribution in [2.75, 3.05) is 20.3 Å². The second-order valence-electron chi connectivity index (χ2n) is 6.72. The Hall–Kier alpha value is -3.06. The molecule has 0 fully saturated rings. The summed E-state index contributed by atoms with van der Waals surface area (Å²) in [6.07, 6.45) is 0.445. The van der Waals surface area contributed by atoms with Crippen LogP contribution in [0.25, 0.3) is 0 Å². The fourth-order valence-electron chi connectivity index (χ4n) is 2.70. The molecule has 1 atom stereocenters. The lowest BCUT2D eigenvalue weighted by molar-refractivity contribution is -0.138. The number of sulfonamides is 1. The highest BCUT2D eigenvalue weighted by Crippen LogP contribution is 2.27. The van der Waals surface area contributed by atoms with Gasteiger partial charge in [0.2, 0.25) is 16.0 Å². The normalized spacial score (nSPS) is 12.1. The van der Waals surface area contributed by atoms with Crippen molar-refractivity contribution >= 4 is 33.6 Å². The Bertz CT molecular complexity index is 1060. The van der Waals surface area contributed by atoms with Gasteiger partial charge in [0.1, 0.15) is 22.4 Å². The molecule has 0 heterocycles. The molecule has 0 saturated carbocycles. The minimum Gasteiger partial charge on any atom is -0.495 e. The van der Waals surface area contributed by atoms with E-state index in [0.29, 0.717) is 24.3 Å². The first-order valence-electron chi connectivity index (χ1n) is 9.64. The van der Waals surface area contributed by atoms with Gasteiger partial charge in [-0.15, -0.1) is 0 Å². The summed E-state index contributed by atoms with van der Waals surface area (Å²) < 4.78 is 38.4. The highest BCUT2D eigenvalue weighted by molar-refractivity contribution is 7.89. The number of carbonyl (C=O) groups is 1. The number of guanidine groups is 1. The van der Waals surface area contributed by atoms with Crippen molar-refractivity contribution in [1.29, 1.82) is 5.41 Å². The lowest BCUT2D eigenvalue weighted by Gasteiger charge is -2.17. The number of hydrogen-bond acceptors (Lipinski definition) is 7. The molecule has 0 aromatic heterocycles. The van der Waals surface area contributed by atoms with E-state index in [1.165, 1.54) is 25.3 Å². The van der Waals surface area contributed by atoms with Crippen LogP contribution in [0, 0.1) is 5.41 Å². The fraction of sp³-hybridized carbons (Fsp3) is 0.300. The number of benzene rings is 2. The molecule has 0 bridgehead atoms. The van der Waals surface area contributed by atoms with Crippen LogP contribution in [0.15, 0.2) is 47.4 Å². The van der Waals surface area contributed by atoms with Crippen LogP contribution in [0.3, 0.4) is 0 Å². The summed E-state index contributed by atoms with van der Waals surface area (Å²) in [7, 11) is -2.92.